The quantitative estimate of drug-likeness (QED) is 0.362. The molecule has 4 nitrogen and oxygen atoms in total. The first kappa shape index (κ1) is 23.7. The summed E-state index contributed by atoms with van der Waals surface area (Å²) in [5.74, 6) is -1.61. The van der Waals surface area contributed by atoms with Gasteiger partial charge in [0.15, 0.2) is 0 Å². The fourth-order valence-electron chi connectivity index (χ4n) is 5.36. The second kappa shape index (κ2) is 10.7. The van der Waals surface area contributed by atoms with Crippen LogP contribution in [-0.2, 0) is 6.42 Å². The van der Waals surface area contributed by atoms with Crippen LogP contribution in [0.1, 0.15) is 89.6 Å². The molecule has 1 saturated carbocycles. The highest BCUT2D eigenvalue weighted by molar-refractivity contribution is 6.04. The summed E-state index contributed by atoms with van der Waals surface area (Å²) in [7, 11) is 0. The molecule has 176 valence electrons. The molecular weight excluding hydrogens is 424 g/mol. The minimum atomic E-state index is -0.974. The molecule has 1 aliphatic rings. The van der Waals surface area contributed by atoms with E-state index in [1.165, 1.54) is 6.42 Å². The lowest BCUT2D eigenvalue weighted by Crippen LogP contribution is -2.11. The van der Waals surface area contributed by atoms with Crippen molar-refractivity contribution < 1.29 is 19.8 Å². The number of rotatable bonds is 8. The van der Waals surface area contributed by atoms with Gasteiger partial charge in [0, 0.05) is 0 Å². The number of hydrogen-bond donors (Lipinski definition) is 2. The molecule has 4 rings (SSSR count). The van der Waals surface area contributed by atoms with E-state index in [-0.39, 0.29) is 11.1 Å². The van der Waals surface area contributed by atoms with E-state index in [9.17, 15) is 19.8 Å². The molecule has 0 saturated heterocycles. The number of hydrogen-bond acceptors (Lipinski definition) is 2. The number of aromatic carboxylic acids is 2. The first-order chi connectivity index (χ1) is 16.5. The Kier molecular flexibility index (Phi) is 7.46. The zero-order chi connectivity index (χ0) is 24.1. The van der Waals surface area contributed by atoms with Gasteiger partial charge in [-0.25, -0.2) is 9.59 Å². The summed E-state index contributed by atoms with van der Waals surface area (Å²) in [5, 5.41) is 20.1. The van der Waals surface area contributed by atoms with Crippen LogP contribution in [0, 0.1) is 0 Å². The average molecular weight is 457 g/mol. The van der Waals surface area contributed by atoms with Gasteiger partial charge in [-0.1, -0.05) is 81.1 Å². The molecule has 0 aliphatic heterocycles. The molecule has 0 aromatic heterocycles. The molecule has 0 atom stereocenters. The predicted octanol–water partition coefficient (Wildman–Crippen LogP) is 7.81. The van der Waals surface area contributed by atoms with Crippen molar-refractivity contribution in [3.63, 3.8) is 0 Å². The largest absolute Gasteiger partial charge is 0.478 e. The van der Waals surface area contributed by atoms with Crippen molar-refractivity contribution in [1.82, 2.24) is 0 Å². The summed E-state index contributed by atoms with van der Waals surface area (Å²) in [6.07, 6.45) is 8.48. The average Bonchev–Trinajstić information content (AvgIpc) is 2.87. The van der Waals surface area contributed by atoms with Gasteiger partial charge in [0.2, 0.25) is 0 Å². The van der Waals surface area contributed by atoms with Gasteiger partial charge >= 0.3 is 11.9 Å². The smallest absolute Gasteiger partial charge is 0.336 e. The van der Waals surface area contributed by atoms with E-state index in [1.807, 2.05) is 24.3 Å². The van der Waals surface area contributed by atoms with Crippen LogP contribution in [0.3, 0.4) is 0 Å². The zero-order valence-electron chi connectivity index (χ0n) is 19.7. The maximum atomic E-state index is 12.3. The molecule has 34 heavy (non-hydrogen) atoms. The Labute approximate surface area is 201 Å². The van der Waals surface area contributed by atoms with Crippen LogP contribution in [0.15, 0.2) is 60.7 Å². The first-order valence-corrected chi connectivity index (χ1v) is 12.3. The van der Waals surface area contributed by atoms with Crippen molar-refractivity contribution in [1.29, 1.82) is 0 Å². The van der Waals surface area contributed by atoms with Crippen LogP contribution < -0.4 is 0 Å². The van der Waals surface area contributed by atoms with Crippen LogP contribution in [0.4, 0.5) is 0 Å². The van der Waals surface area contributed by atoms with Gasteiger partial charge in [-0.2, -0.15) is 0 Å². The molecular formula is C30H32O4. The normalized spacial score (nSPS) is 14.1. The Morgan fingerprint density at radius 3 is 1.88 bits per heavy atom. The highest BCUT2D eigenvalue weighted by Gasteiger charge is 2.27. The van der Waals surface area contributed by atoms with Crippen LogP contribution in [0.2, 0.25) is 0 Å². The van der Waals surface area contributed by atoms with E-state index < -0.39 is 11.9 Å². The molecule has 0 spiro atoms. The van der Waals surface area contributed by atoms with Gasteiger partial charge in [0.25, 0.3) is 0 Å². The fourth-order valence-corrected chi connectivity index (χ4v) is 5.36. The summed E-state index contributed by atoms with van der Waals surface area (Å²) in [6.45, 7) is 2.14. The van der Waals surface area contributed by atoms with Gasteiger partial charge < -0.3 is 10.2 Å². The lowest BCUT2D eigenvalue weighted by Gasteiger charge is -2.28. The van der Waals surface area contributed by atoms with Gasteiger partial charge in [-0.05, 0) is 77.1 Å². The summed E-state index contributed by atoms with van der Waals surface area (Å²) >= 11 is 0. The summed E-state index contributed by atoms with van der Waals surface area (Å²) in [5.41, 5.74) is 5.82. The van der Waals surface area contributed by atoms with Crippen molar-refractivity contribution in [2.24, 2.45) is 0 Å². The Morgan fingerprint density at radius 2 is 1.32 bits per heavy atom. The van der Waals surface area contributed by atoms with E-state index in [2.05, 4.69) is 19.1 Å². The predicted molar refractivity (Wildman–Crippen MR) is 136 cm³/mol. The lowest BCUT2D eigenvalue weighted by molar-refractivity contribution is 0.0686. The molecule has 4 heteroatoms. The van der Waals surface area contributed by atoms with Crippen molar-refractivity contribution in [2.45, 2.75) is 64.2 Å². The van der Waals surface area contributed by atoms with Crippen LogP contribution in [0.5, 0.6) is 0 Å². The van der Waals surface area contributed by atoms with E-state index in [0.29, 0.717) is 17.0 Å². The molecule has 1 aliphatic carbocycles. The summed E-state index contributed by atoms with van der Waals surface area (Å²) < 4.78 is 0. The maximum Gasteiger partial charge on any atom is 0.336 e. The van der Waals surface area contributed by atoms with Gasteiger partial charge in [-0.15, -0.1) is 0 Å². The number of carboxylic acids is 2. The number of carbonyl (C=O) groups is 2. The highest BCUT2D eigenvalue weighted by Crippen LogP contribution is 2.46. The Morgan fingerprint density at radius 1 is 0.765 bits per heavy atom. The lowest BCUT2D eigenvalue weighted by atomic mass is 9.76. The second-order valence-electron chi connectivity index (χ2n) is 9.20. The van der Waals surface area contributed by atoms with E-state index in [4.69, 9.17) is 0 Å². The third-order valence-corrected chi connectivity index (χ3v) is 7.02. The SMILES string of the molecule is CCCCc1ccc(C2CCCCC2)c(-c2ccccc2C(=O)O)c1-c1ccccc1C(=O)O. The molecule has 2 N–H and O–H groups in total. The fraction of sp³-hybridized carbons (Fsp3) is 0.333. The maximum absolute atomic E-state index is 12.3. The van der Waals surface area contributed by atoms with E-state index >= 15 is 0 Å². The minimum Gasteiger partial charge on any atom is -0.478 e. The van der Waals surface area contributed by atoms with Gasteiger partial charge in [0.05, 0.1) is 11.1 Å². The van der Waals surface area contributed by atoms with Crippen molar-refractivity contribution in [3.05, 3.63) is 82.9 Å². The molecule has 1 fully saturated rings. The Bertz CT molecular complexity index is 1190. The number of carboxylic acid groups (broad SMARTS) is 2. The number of aryl methyl sites for hydroxylation is 1. The summed E-state index contributed by atoms with van der Waals surface area (Å²) in [4.78, 5) is 24.5. The Balaban J connectivity index is 2.11. The van der Waals surface area contributed by atoms with E-state index in [0.717, 1.165) is 67.2 Å². The monoisotopic (exact) mass is 456 g/mol. The number of unbranched alkanes of at least 4 members (excludes halogenated alkanes) is 1. The molecule has 0 unspecified atom stereocenters. The van der Waals surface area contributed by atoms with Crippen molar-refractivity contribution in [2.75, 3.05) is 0 Å². The molecule has 0 heterocycles. The van der Waals surface area contributed by atoms with Crippen molar-refractivity contribution >= 4 is 11.9 Å². The first-order valence-electron chi connectivity index (χ1n) is 12.3. The van der Waals surface area contributed by atoms with Gasteiger partial charge in [0.1, 0.15) is 0 Å². The molecule has 0 radical (unpaired) electrons. The van der Waals surface area contributed by atoms with Gasteiger partial charge in [-0.3, -0.25) is 0 Å². The second-order valence-corrected chi connectivity index (χ2v) is 9.20. The topological polar surface area (TPSA) is 74.6 Å². The van der Waals surface area contributed by atoms with Crippen LogP contribution in [-0.4, -0.2) is 22.2 Å². The van der Waals surface area contributed by atoms with Crippen LogP contribution >= 0.6 is 0 Å². The molecule has 3 aromatic rings. The molecule has 3 aromatic carbocycles. The summed E-state index contributed by atoms with van der Waals surface area (Å²) in [6, 6.07) is 18.6. The minimum absolute atomic E-state index is 0.245. The standard InChI is InChI=1S/C30H32O4/c1-2-3-11-21-18-19-22(20-12-5-4-6-13-20)28(24-15-8-10-17-26(24)30(33)34)27(21)23-14-7-9-16-25(23)29(31)32/h7-10,14-20H,2-6,11-13H2,1H3,(H,31,32)(H,33,34). The molecule has 0 bridgehead atoms. The molecule has 0 amide bonds. The zero-order valence-corrected chi connectivity index (χ0v) is 19.7. The van der Waals surface area contributed by atoms with Crippen LogP contribution in [0.25, 0.3) is 22.3 Å². The third-order valence-electron chi connectivity index (χ3n) is 7.02. The third kappa shape index (κ3) is 4.77. The Hall–Kier alpha value is -3.40. The highest BCUT2D eigenvalue weighted by atomic mass is 16.4. The van der Waals surface area contributed by atoms with E-state index in [1.54, 1.807) is 24.3 Å². The number of benzene rings is 3. The van der Waals surface area contributed by atoms with Crippen molar-refractivity contribution in [3.8, 4) is 22.3 Å².